The van der Waals surface area contributed by atoms with Crippen LogP contribution in [0, 0.1) is 23.7 Å². The highest BCUT2D eigenvalue weighted by molar-refractivity contribution is 6.30. The lowest BCUT2D eigenvalue weighted by Crippen LogP contribution is -2.76. The van der Waals surface area contributed by atoms with Crippen LogP contribution in [0.3, 0.4) is 0 Å². The summed E-state index contributed by atoms with van der Waals surface area (Å²) < 4.78 is 0. The van der Waals surface area contributed by atoms with Gasteiger partial charge in [-0.3, -0.25) is 9.69 Å². The first-order chi connectivity index (χ1) is 15.5. The van der Waals surface area contributed by atoms with E-state index in [-0.39, 0.29) is 11.9 Å². The van der Waals surface area contributed by atoms with Gasteiger partial charge in [0.2, 0.25) is 5.91 Å². The van der Waals surface area contributed by atoms with Gasteiger partial charge in [0.1, 0.15) is 5.54 Å². The third-order valence-electron chi connectivity index (χ3n) is 7.85. The van der Waals surface area contributed by atoms with Crippen molar-refractivity contribution in [3.63, 3.8) is 0 Å². The quantitative estimate of drug-likeness (QED) is 0.665. The highest BCUT2D eigenvalue weighted by Crippen LogP contribution is 2.53. The average Bonchev–Trinajstić information content (AvgIpc) is 3.03. The molecule has 4 bridgehead atoms. The van der Waals surface area contributed by atoms with E-state index in [1.807, 2.05) is 24.3 Å². The molecule has 170 valence electrons. The normalized spacial score (nSPS) is 31.2. The summed E-state index contributed by atoms with van der Waals surface area (Å²) in [5.41, 5.74) is 1.92. The minimum absolute atomic E-state index is 0.162. The first kappa shape index (κ1) is 21.9. The van der Waals surface area contributed by atoms with Gasteiger partial charge in [-0.2, -0.15) is 0 Å². The minimum Gasteiger partial charge on any atom is -0.350 e. The van der Waals surface area contributed by atoms with Crippen LogP contribution < -0.4 is 10.6 Å². The second-order valence-electron chi connectivity index (χ2n) is 10.4. The van der Waals surface area contributed by atoms with E-state index in [1.165, 1.54) is 5.56 Å². The Morgan fingerprint density at radius 2 is 1.97 bits per heavy atom. The molecule has 5 atom stereocenters. The summed E-state index contributed by atoms with van der Waals surface area (Å²) in [6.45, 7) is 8.08. The third kappa shape index (κ3) is 3.87. The predicted octanol–water partition coefficient (Wildman–Crippen LogP) is 4.13. The van der Waals surface area contributed by atoms with Gasteiger partial charge in [-0.15, -0.1) is 0 Å². The van der Waals surface area contributed by atoms with Gasteiger partial charge >= 0.3 is 0 Å². The van der Waals surface area contributed by atoms with Crippen LogP contribution in [0.25, 0.3) is 0 Å². The van der Waals surface area contributed by atoms with E-state index in [0.29, 0.717) is 35.2 Å². The fraction of sp³-hybridized carbons (Fsp3) is 0.519. The molecule has 0 spiro atoms. The van der Waals surface area contributed by atoms with Crippen LogP contribution in [0.4, 0.5) is 0 Å². The Morgan fingerprint density at radius 3 is 2.72 bits per heavy atom. The molecule has 0 unspecified atom stereocenters. The van der Waals surface area contributed by atoms with Crippen molar-refractivity contribution in [2.45, 2.75) is 44.8 Å². The number of hydrogen-bond donors (Lipinski definition) is 2. The van der Waals surface area contributed by atoms with Gasteiger partial charge in [0, 0.05) is 36.6 Å². The molecule has 4 nitrogen and oxygen atoms in total. The molecule has 2 N–H and O–H groups in total. The Morgan fingerprint density at radius 1 is 1.19 bits per heavy atom. The molecule has 1 amide bonds. The summed E-state index contributed by atoms with van der Waals surface area (Å²) in [4.78, 5) is 16.5. The second-order valence-corrected chi connectivity index (χ2v) is 10.8. The Bertz CT molecular complexity index is 964. The van der Waals surface area contributed by atoms with Crippen LogP contribution in [0.2, 0.25) is 5.02 Å². The SMILES string of the molecule is CC(C)CN1C[C@@H]2C[C@H]3CN[C@]2(C(=O)NCc2cccc(Cl)c2)[C@@H]1[C@@H]3Cc1ccccc1. The van der Waals surface area contributed by atoms with E-state index in [9.17, 15) is 4.79 Å². The number of amides is 1. The molecule has 3 saturated heterocycles. The zero-order chi connectivity index (χ0) is 22.3. The number of nitrogens with zero attached hydrogens (tertiary/aromatic N) is 1. The van der Waals surface area contributed by atoms with E-state index in [4.69, 9.17) is 11.6 Å². The summed E-state index contributed by atoms with van der Waals surface area (Å²) >= 11 is 6.16. The number of halogens is 1. The molecule has 0 radical (unpaired) electrons. The molecule has 4 aliphatic rings. The van der Waals surface area contributed by atoms with Gasteiger partial charge in [0.15, 0.2) is 0 Å². The Hall–Kier alpha value is -1.88. The number of hydrogen-bond acceptors (Lipinski definition) is 3. The molecular weight excluding hydrogens is 418 g/mol. The lowest BCUT2D eigenvalue weighted by atomic mass is 9.58. The van der Waals surface area contributed by atoms with Gasteiger partial charge in [0.25, 0.3) is 0 Å². The maximum Gasteiger partial charge on any atom is 0.242 e. The lowest BCUT2D eigenvalue weighted by molar-refractivity contribution is -0.138. The van der Waals surface area contributed by atoms with Crippen LogP contribution >= 0.6 is 11.6 Å². The van der Waals surface area contributed by atoms with Gasteiger partial charge in [-0.05, 0) is 60.4 Å². The summed E-state index contributed by atoms with van der Waals surface area (Å²) in [7, 11) is 0. The van der Waals surface area contributed by atoms with E-state index in [0.717, 1.165) is 38.0 Å². The summed E-state index contributed by atoms with van der Waals surface area (Å²) in [6.07, 6.45) is 2.18. The first-order valence-electron chi connectivity index (χ1n) is 12.0. The molecule has 32 heavy (non-hydrogen) atoms. The maximum atomic E-state index is 13.9. The second kappa shape index (κ2) is 8.81. The molecule has 1 aliphatic carbocycles. The first-order valence-corrected chi connectivity index (χ1v) is 12.4. The standard InChI is InChI=1S/C27H34ClN3O/c1-18(2)16-31-17-22-13-21-15-30-27(22,25(31)24(21)12-19-7-4-3-5-8-19)26(32)29-14-20-9-6-10-23(28)11-20/h3-11,18,21-22,24-25,30H,12-17H2,1-2H3,(H,29,32)/t21-,22-,24+,25-,27-/m0/s1. The number of fused-ring (bicyclic) bond motifs is 1. The fourth-order valence-corrected chi connectivity index (χ4v) is 6.93. The largest absolute Gasteiger partial charge is 0.350 e. The van der Waals surface area contributed by atoms with Crippen molar-refractivity contribution in [3.05, 3.63) is 70.7 Å². The van der Waals surface area contributed by atoms with Crippen molar-refractivity contribution in [1.29, 1.82) is 0 Å². The zero-order valence-corrected chi connectivity index (χ0v) is 19.8. The van der Waals surface area contributed by atoms with Gasteiger partial charge in [0.05, 0.1) is 0 Å². The van der Waals surface area contributed by atoms with E-state index in [2.05, 4.69) is 59.7 Å². The predicted molar refractivity (Wildman–Crippen MR) is 129 cm³/mol. The smallest absolute Gasteiger partial charge is 0.242 e. The van der Waals surface area contributed by atoms with Crippen molar-refractivity contribution in [1.82, 2.24) is 15.5 Å². The van der Waals surface area contributed by atoms with Crippen molar-refractivity contribution < 1.29 is 4.79 Å². The molecule has 3 aliphatic heterocycles. The van der Waals surface area contributed by atoms with E-state index >= 15 is 0 Å². The molecule has 4 fully saturated rings. The minimum atomic E-state index is -0.498. The van der Waals surface area contributed by atoms with Gasteiger partial charge in [-0.1, -0.05) is 67.9 Å². The van der Waals surface area contributed by atoms with E-state index < -0.39 is 5.54 Å². The molecule has 1 saturated carbocycles. The maximum absolute atomic E-state index is 13.9. The molecule has 0 aromatic heterocycles. The van der Waals surface area contributed by atoms with Crippen LogP contribution in [0.1, 0.15) is 31.4 Å². The van der Waals surface area contributed by atoms with Crippen LogP contribution in [-0.2, 0) is 17.8 Å². The molecule has 2 aromatic rings. The molecule has 6 rings (SSSR count). The Kier molecular flexibility index (Phi) is 6.04. The zero-order valence-electron chi connectivity index (χ0n) is 19.1. The molecule has 5 heteroatoms. The van der Waals surface area contributed by atoms with Gasteiger partial charge < -0.3 is 10.6 Å². The van der Waals surface area contributed by atoms with Gasteiger partial charge in [-0.25, -0.2) is 0 Å². The van der Waals surface area contributed by atoms with Crippen molar-refractivity contribution >= 4 is 17.5 Å². The third-order valence-corrected chi connectivity index (χ3v) is 8.08. The molecule has 2 aromatic carbocycles. The van der Waals surface area contributed by atoms with Crippen molar-refractivity contribution in [2.75, 3.05) is 19.6 Å². The average molecular weight is 452 g/mol. The fourth-order valence-electron chi connectivity index (χ4n) is 6.72. The van der Waals surface area contributed by atoms with Crippen molar-refractivity contribution in [3.8, 4) is 0 Å². The number of rotatable bonds is 7. The highest BCUT2D eigenvalue weighted by Gasteiger charge is 2.67. The monoisotopic (exact) mass is 451 g/mol. The Labute approximate surface area is 196 Å². The number of benzene rings is 2. The number of nitrogens with one attached hydrogen (secondary N) is 2. The van der Waals surface area contributed by atoms with E-state index in [1.54, 1.807) is 0 Å². The molecular formula is C27H34ClN3O. The van der Waals surface area contributed by atoms with Crippen LogP contribution in [0.5, 0.6) is 0 Å². The molecule has 3 heterocycles. The number of carbonyl (C=O) groups is 1. The summed E-state index contributed by atoms with van der Waals surface area (Å²) in [6, 6.07) is 18.8. The highest BCUT2D eigenvalue weighted by atomic mass is 35.5. The van der Waals surface area contributed by atoms with Crippen molar-refractivity contribution in [2.24, 2.45) is 23.7 Å². The number of carbonyl (C=O) groups excluding carboxylic acids is 1. The topological polar surface area (TPSA) is 44.4 Å². The summed E-state index contributed by atoms with van der Waals surface area (Å²) in [5.74, 6) is 2.24. The van der Waals surface area contributed by atoms with Crippen LogP contribution in [0.15, 0.2) is 54.6 Å². The number of piperidine rings is 2. The lowest BCUT2D eigenvalue weighted by Gasteiger charge is -2.56. The Balaban J connectivity index is 1.43. The summed E-state index contributed by atoms with van der Waals surface area (Å²) in [5, 5.41) is 7.77. The van der Waals surface area contributed by atoms with Crippen LogP contribution in [-0.4, -0.2) is 42.0 Å². The number of likely N-dealkylation sites (tertiary alicyclic amines) is 1.